The van der Waals surface area contributed by atoms with Crippen LogP contribution in [0.3, 0.4) is 0 Å². The van der Waals surface area contributed by atoms with E-state index in [9.17, 15) is 13.2 Å². The second kappa shape index (κ2) is 5.99. The van der Waals surface area contributed by atoms with Gasteiger partial charge in [-0.05, 0) is 26.7 Å². The standard InChI is InChI=1S/C11H22N2O4S/c1-4-13(9(2)3)18(16,17)12-7-5-10(6-8-12)11(14)15/h9-10H,4-8H2,1-3H3,(H,14,15). The Hall–Kier alpha value is -0.660. The number of carbonyl (C=O) groups is 1. The van der Waals surface area contributed by atoms with Crippen LogP contribution < -0.4 is 0 Å². The van der Waals surface area contributed by atoms with Gasteiger partial charge in [0.15, 0.2) is 0 Å². The molecule has 0 aliphatic carbocycles. The average Bonchev–Trinajstić information content (AvgIpc) is 2.29. The zero-order chi connectivity index (χ0) is 13.9. The summed E-state index contributed by atoms with van der Waals surface area (Å²) in [6, 6.07) is -0.0859. The molecule has 0 saturated carbocycles. The number of carboxylic acid groups (broad SMARTS) is 1. The summed E-state index contributed by atoms with van der Waals surface area (Å²) in [6.07, 6.45) is 0.786. The summed E-state index contributed by atoms with van der Waals surface area (Å²) < 4.78 is 27.5. The maximum absolute atomic E-state index is 12.3. The fraction of sp³-hybridized carbons (Fsp3) is 0.909. The molecule has 1 aliphatic rings. The lowest BCUT2D eigenvalue weighted by Crippen LogP contribution is -2.49. The zero-order valence-electron chi connectivity index (χ0n) is 11.2. The third-order valence-corrected chi connectivity index (χ3v) is 5.60. The minimum atomic E-state index is -3.45. The maximum Gasteiger partial charge on any atom is 0.306 e. The van der Waals surface area contributed by atoms with Gasteiger partial charge >= 0.3 is 5.97 Å². The molecule has 18 heavy (non-hydrogen) atoms. The Bertz CT molecular complexity index is 386. The van der Waals surface area contributed by atoms with Crippen LogP contribution in [0.15, 0.2) is 0 Å². The summed E-state index contributed by atoms with van der Waals surface area (Å²) in [6.45, 7) is 6.50. The Morgan fingerprint density at radius 1 is 1.39 bits per heavy atom. The normalized spacial score (nSPS) is 19.6. The van der Waals surface area contributed by atoms with Crippen LogP contribution in [0.2, 0.25) is 0 Å². The second-order valence-electron chi connectivity index (χ2n) is 4.82. The molecule has 0 aromatic heterocycles. The number of rotatable bonds is 5. The Balaban J connectivity index is 2.74. The molecule has 0 aromatic rings. The topological polar surface area (TPSA) is 77.9 Å². The van der Waals surface area contributed by atoms with E-state index in [0.717, 1.165) is 0 Å². The molecule has 1 N–H and O–H groups in total. The smallest absolute Gasteiger partial charge is 0.306 e. The summed E-state index contributed by atoms with van der Waals surface area (Å²) in [5.41, 5.74) is 0. The SMILES string of the molecule is CCN(C(C)C)S(=O)(=O)N1CCC(C(=O)O)CC1. The van der Waals surface area contributed by atoms with E-state index in [0.29, 0.717) is 32.5 Å². The van der Waals surface area contributed by atoms with Crippen molar-refractivity contribution in [3.05, 3.63) is 0 Å². The first-order valence-corrected chi connectivity index (χ1v) is 7.70. The molecule has 0 spiro atoms. The number of piperidine rings is 1. The van der Waals surface area contributed by atoms with Gasteiger partial charge in [-0.3, -0.25) is 4.79 Å². The third-order valence-electron chi connectivity index (χ3n) is 3.31. The Morgan fingerprint density at radius 3 is 2.22 bits per heavy atom. The molecule has 0 amide bonds. The highest BCUT2D eigenvalue weighted by Crippen LogP contribution is 2.22. The fourth-order valence-corrected chi connectivity index (χ4v) is 4.10. The van der Waals surface area contributed by atoms with Gasteiger partial charge < -0.3 is 5.11 Å². The van der Waals surface area contributed by atoms with Gasteiger partial charge in [0.2, 0.25) is 0 Å². The van der Waals surface area contributed by atoms with Crippen LogP contribution in [0.4, 0.5) is 0 Å². The molecule has 0 aromatic carbocycles. The predicted molar refractivity (Wildman–Crippen MR) is 68.4 cm³/mol. The van der Waals surface area contributed by atoms with E-state index in [2.05, 4.69) is 0 Å². The van der Waals surface area contributed by atoms with E-state index >= 15 is 0 Å². The summed E-state index contributed by atoms with van der Waals surface area (Å²) >= 11 is 0. The third kappa shape index (κ3) is 3.21. The molecule has 6 nitrogen and oxygen atoms in total. The molecule has 1 saturated heterocycles. The molecule has 0 radical (unpaired) electrons. The van der Waals surface area contributed by atoms with Crippen molar-refractivity contribution < 1.29 is 18.3 Å². The summed E-state index contributed by atoms with van der Waals surface area (Å²) in [7, 11) is -3.45. The second-order valence-corrected chi connectivity index (χ2v) is 6.70. The number of nitrogens with zero attached hydrogens (tertiary/aromatic N) is 2. The van der Waals surface area contributed by atoms with Gasteiger partial charge in [0, 0.05) is 25.7 Å². The van der Waals surface area contributed by atoms with Crippen LogP contribution in [0.25, 0.3) is 0 Å². The highest BCUT2D eigenvalue weighted by atomic mass is 32.2. The maximum atomic E-state index is 12.3. The van der Waals surface area contributed by atoms with Crippen LogP contribution in [0.1, 0.15) is 33.6 Å². The largest absolute Gasteiger partial charge is 0.481 e. The molecule has 0 unspecified atom stereocenters. The Labute approximate surface area is 109 Å². The zero-order valence-corrected chi connectivity index (χ0v) is 12.0. The van der Waals surface area contributed by atoms with Crippen molar-refractivity contribution in [2.45, 2.75) is 39.7 Å². The molecular weight excluding hydrogens is 256 g/mol. The minimum Gasteiger partial charge on any atom is -0.481 e. The van der Waals surface area contributed by atoms with Crippen molar-refractivity contribution in [1.82, 2.24) is 8.61 Å². The van der Waals surface area contributed by atoms with Crippen LogP contribution >= 0.6 is 0 Å². The van der Waals surface area contributed by atoms with Crippen molar-refractivity contribution in [3.63, 3.8) is 0 Å². The van der Waals surface area contributed by atoms with Gasteiger partial charge in [-0.15, -0.1) is 0 Å². The number of carboxylic acids is 1. The average molecular weight is 278 g/mol. The number of hydrogen-bond donors (Lipinski definition) is 1. The molecule has 1 aliphatic heterocycles. The van der Waals surface area contributed by atoms with E-state index in [-0.39, 0.29) is 6.04 Å². The van der Waals surface area contributed by atoms with Crippen molar-refractivity contribution in [2.24, 2.45) is 5.92 Å². The Kier molecular flexibility index (Phi) is 5.12. The lowest BCUT2D eigenvalue weighted by Gasteiger charge is -2.35. The summed E-state index contributed by atoms with van der Waals surface area (Å²) in [4.78, 5) is 10.8. The number of hydrogen-bond acceptors (Lipinski definition) is 3. The quantitative estimate of drug-likeness (QED) is 0.805. The van der Waals surface area contributed by atoms with Gasteiger partial charge in [-0.2, -0.15) is 17.0 Å². The minimum absolute atomic E-state index is 0.0859. The van der Waals surface area contributed by atoms with Crippen molar-refractivity contribution in [1.29, 1.82) is 0 Å². The van der Waals surface area contributed by atoms with E-state index in [4.69, 9.17) is 5.11 Å². The fourth-order valence-electron chi connectivity index (χ4n) is 2.28. The van der Waals surface area contributed by atoms with Gasteiger partial charge in [-0.1, -0.05) is 6.92 Å². The number of aliphatic carboxylic acids is 1. The first-order valence-electron chi connectivity index (χ1n) is 6.30. The van der Waals surface area contributed by atoms with Crippen molar-refractivity contribution >= 4 is 16.2 Å². The van der Waals surface area contributed by atoms with Gasteiger partial charge in [-0.25, -0.2) is 0 Å². The van der Waals surface area contributed by atoms with Crippen molar-refractivity contribution in [2.75, 3.05) is 19.6 Å². The predicted octanol–water partition coefficient (Wildman–Crippen LogP) is 0.758. The van der Waals surface area contributed by atoms with Crippen LogP contribution in [-0.4, -0.2) is 53.8 Å². The first-order chi connectivity index (χ1) is 8.30. The molecular formula is C11H22N2O4S. The van der Waals surface area contributed by atoms with E-state index in [1.165, 1.54) is 8.61 Å². The molecule has 0 bridgehead atoms. The lowest BCUT2D eigenvalue weighted by molar-refractivity contribution is -0.142. The highest BCUT2D eigenvalue weighted by molar-refractivity contribution is 7.86. The monoisotopic (exact) mass is 278 g/mol. The van der Waals surface area contributed by atoms with Gasteiger partial charge in [0.05, 0.1) is 5.92 Å². The van der Waals surface area contributed by atoms with Gasteiger partial charge in [0.25, 0.3) is 10.2 Å². The molecule has 7 heteroatoms. The summed E-state index contributed by atoms with van der Waals surface area (Å²) in [5.74, 6) is -1.24. The first kappa shape index (κ1) is 15.4. The van der Waals surface area contributed by atoms with Crippen LogP contribution in [0, 0.1) is 5.92 Å². The molecule has 1 rings (SSSR count). The molecule has 1 fully saturated rings. The lowest BCUT2D eigenvalue weighted by atomic mass is 9.99. The summed E-state index contributed by atoms with van der Waals surface area (Å²) in [5, 5.41) is 8.89. The highest BCUT2D eigenvalue weighted by Gasteiger charge is 2.35. The molecule has 0 atom stereocenters. The van der Waals surface area contributed by atoms with Crippen LogP contribution in [0.5, 0.6) is 0 Å². The molecule has 106 valence electrons. The van der Waals surface area contributed by atoms with Crippen molar-refractivity contribution in [3.8, 4) is 0 Å². The Morgan fingerprint density at radius 2 is 1.89 bits per heavy atom. The van der Waals surface area contributed by atoms with E-state index < -0.39 is 22.1 Å². The van der Waals surface area contributed by atoms with E-state index in [1.54, 1.807) is 0 Å². The van der Waals surface area contributed by atoms with E-state index in [1.807, 2.05) is 20.8 Å². The van der Waals surface area contributed by atoms with Crippen LogP contribution in [-0.2, 0) is 15.0 Å². The van der Waals surface area contributed by atoms with Gasteiger partial charge in [0.1, 0.15) is 0 Å². The molecule has 1 heterocycles.